The molecule has 1 aliphatic carbocycles. The van der Waals surface area contributed by atoms with Crippen LogP contribution in [-0.4, -0.2) is 17.3 Å². The lowest BCUT2D eigenvalue weighted by Crippen LogP contribution is -2.35. The molecule has 0 bridgehead atoms. The third kappa shape index (κ3) is 2.54. The second-order valence-electron chi connectivity index (χ2n) is 3.26. The maximum absolute atomic E-state index is 9.83. The summed E-state index contributed by atoms with van der Waals surface area (Å²) in [6.07, 6.45) is 6.64. The average molecular weight is 156 g/mol. The third-order valence-corrected chi connectivity index (χ3v) is 2.25. The summed E-state index contributed by atoms with van der Waals surface area (Å²) in [6.45, 7) is 3.86. The van der Waals surface area contributed by atoms with Crippen LogP contribution < -0.4 is 0 Å². The summed E-state index contributed by atoms with van der Waals surface area (Å²) in [6, 6.07) is 0. The second-order valence-corrected chi connectivity index (χ2v) is 3.26. The summed E-state index contributed by atoms with van der Waals surface area (Å²) in [4.78, 5) is 0. The lowest BCUT2D eigenvalue weighted by Gasteiger charge is -2.30. The van der Waals surface area contributed by atoms with Crippen molar-refractivity contribution in [1.29, 1.82) is 0 Å². The molecule has 2 heteroatoms. The molecule has 64 valence electrons. The van der Waals surface area contributed by atoms with Gasteiger partial charge in [0.25, 0.3) is 0 Å². The second kappa shape index (κ2) is 3.77. The third-order valence-electron chi connectivity index (χ3n) is 2.25. The molecule has 0 spiro atoms. The Morgan fingerprint density at radius 1 is 1.36 bits per heavy atom. The molecule has 1 fully saturated rings. The van der Waals surface area contributed by atoms with E-state index in [0.29, 0.717) is 6.61 Å². The van der Waals surface area contributed by atoms with Crippen LogP contribution >= 0.6 is 0 Å². The van der Waals surface area contributed by atoms with Gasteiger partial charge in [-0.2, -0.15) is 0 Å². The Morgan fingerprint density at radius 3 is 2.55 bits per heavy atom. The Balaban J connectivity index is 2.30. The first-order valence-corrected chi connectivity index (χ1v) is 4.22. The van der Waals surface area contributed by atoms with Gasteiger partial charge in [-0.15, -0.1) is 0 Å². The Hall–Kier alpha value is -0.500. The van der Waals surface area contributed by atoms with Crippen LogP contribution in [0.1, 0.15) is 32.1 Å². The SMILES string of the molecule is C=COCC1(O)CCCCC1. The molecule has 0 atom stereocenters. The van der Waals surface area contributed by atoms with E-state index in [1.54, 1.807) is 0 Å². The van der Waals surface area contributed by atoms with E-state index < -0.39 is 5.60 Å². The highest BCUT2D eigenvalue weighted by molar-refractivity contribution is 4.82. The highest BCUT2D eigenvalue weighted by atomic mass is 16.5. The molecule has 0 aliphatic heterocycles. The Bertz CT molecular complexity index is 126. The first kappa shape index (κ1) is 8.60. The fourth-order valence-electron chi connectivity index (χ4n) is 1.57. The van der Waals surface area contributed by atoms with E-state index in [1.165, 1.54) is 12.7 Å². The van der Waals surface area contributed by atoms with Gasteiger partial charge in [0.05, 0.1) is 11.9 Å². The van der Waals surface area contributed by atoms with Crippen LogP contribution in [0.2, 0.25) is 0 Å². The fraction of sp³-hybridized carbons (Fsp3) is 0.778. The molecule has 1 saturated carbocycles. The van der Waals surface area contributed by atoms with Crippen LogP contribution in [0.5, 0.6) is 0 Å². The largest absolute Gasteiger partial charge is 0.499 e. The molecule has 0 aromatic carbocycles. The molecule has 11 heavy (non-hydrogen) atoms. The fourth-order valence-corrected chi connectivity index (χ4v) is 1.57. The lowest BCUT2D eigenvalue weighted by atomic mass is 9.86. The van der Waals surface area contributed by atoms with Gasteiger partial charge in [0.1, 0.15) is 6.61 Å². The summed E-state index contributed by atoms with van der Waals surface area (Å²) in [5.74, 6) is 0. The molecule has 1 aliphatic rings. The monoisotopic (exact) mass is 156 g/mol. The highest BCUT2D eigenvalue weighted by Gasteiger charge is 2.29. The summed E-state index contributed by atoms with van der Waals surface area (Å²) >= 11 is 0. The van der Waals surface area contributed by atoms with Crippen molar-refractivity contribution in [2.24, 2.45) is 0 Å². The van der Waals surface area contributed by atoms with Gasteiger partial charge in [-0.3, -0.25) is 0 Å². The maximum Gasteiger partial charge on any atom is 0.116 e. The first-order chi connectivity index (χ1) is 5.27. The Kier molecular flexibility index (Phi) is 2.94. The minimum atomic E-state index is -0.563. The van der Waals surface area contributed by atoms with Crippen LogP contribution in [0.4, 0.5) is 0 Å². The van der Waals surface area contributed by atoms with Crippen molar-refractivity contribution < 1.29 is 9.84 Å². The molecule has 0 saturated heterocycles. The zero-order chi connectivity index (χ0) is 8.16. The molecule has 1 rings (SSSR count). The molecule has 0 amide bonds. The van der Waals surface area contributed by atoms with Crippen LogP contribution in [0.3, 0.4) is 0 Å². The van der Waals surface area contributed by atoms with E-state index in [4.69, 9.17) is 4.74 Å². The number of hydrogen-bond donors (Lipinski definition) is 1. The van der Waals surface area contributed by atoms with Gasteiger partial charge in [0.2, 0.25) is 0 Å². The Labute approximate surface area is 67.9 Å². The van der Waals surface area contributed by atoms with Crippen molar-refractivity contribution in [1.82, 2.24) is 0 Å². The lowest BCUT2D eigenvalue weighted by molar-refractivity contribution is -0.0460. The van der Waals surface area contributed by atoms with E-state index >= 15 is 0 Å². The first-order valence-electron chi connectivity index (χ1n) is 4.22. The van der Waals surface area contributed by atoms with Crippen molar-refractivity contribution >= 4 is 0 Å². The predicted octanol–water partition coefficient (Wildman–Crippen LogP) is 1.84. The minimum Gasteiger partial charge on any atom is -0.499 e. The van der Waals surface area contributed by atoms with Crippen LogP contribution in [0, 0.1) is 0 Å². The molecule has 1 N–H and O–H groups in total. The van der Waals surface area contributed by atoms with Gasteiger partial charge in [-0.1, -0.05) is 25.8 Å². The van der Waals surface area contributed by atoms with E-state index in [0.717, 1.165) is 25.7 Å². The Morgan fingerprint density at radius 2 is 2.00 bits per heavy atom. The van der Waals surface area contributed by atoms with Gasteiger partial charge < -0.3 is 9.84 Å². The van der Waals surface area contributed by atoms with Crippen molar-refractivity contribution in [3.8, 4) is 0 Å². The van der Waals surface area contributed by atoms with Crippen molar-refractivity contribution in [2.45, 2.75) is 37.7 Å². The van der Waals surface area contributed by atoms with Crippen molar-refractivity contribution in [3.05, 3.63) is 12.8 Å². The minimum absolute atomic E-state index is 0.413. The molecule has 2 nitrogen and oxygen atoms in total. The predicted molar refractivity (Wildman–Crippen MR) is 44.2 cm³/mol. The van der Waals surface area contributed by atoms with Gasteiger partial charge in [-0.05, 0) is 12.8 Å². The molecule has 0 heterocycles. The molecule has 0 aromatic rings. The van der Waals surface area contributed by atoms with Crippen molar-refractivity contribution in [2.75, 3.05) is 6.61 Å². The number of ether oxygens (including phenoxy) is 1. The molecular formula is C9H16O2. The van der Waals surface area contributed by atoms with E-state index in [2.05, 4.69) is 6.58 Å². The smallest absolute Gasteiger partial charge is 0.116 e. The topological polar surface area (TPSA) is 29.5 Å². The van der Waals surface area contributed by atoms with Gasteiger partial charge in [0.15, 0.2) is 0 Å². The highest BCUT2D eigenvalue weighted by Crippen LogP contribution is 2.27. The van der Waals surface area contributed by atoms with E-state index in [-0.39, 0.29) is 0 Å². The van der Waals surface area contributed by atoms with Crippen LogP contribution in [0.25, 0.3) is 0 Å². The van der Waals surface area contributed by atoms with Crippen LogP contribution in [0.15, 0.2) is 12.8 Å². The number of aliphatic hydroxyl groups is 1. The normalized spacial score (nSPS) is 22.6. The molecule has 0 unspecified atom stereocenters. The standard InChI is InChI=1S/C9H16O2/c1-2-11-8-9(10)6-4-3-5-7-9/h2,10H,1,3-8H2. The van der Waals surface area contributed by atoms with Gasteiger partial charge in [0, 0.05) is 0 Å². The maximum atomic E-state index is 9.83. The molecular weight excluding hydrogens is 140 g/mol. The van der Waals surface area contributed by atoms with Crippen LogP contribution in [-0.2, 0) is 4.74 Å². The summed E-state index contributed by atoms with van der Waals surface area (Å²) in [5.41, 5.74) is -0.563. The summed E-state index contributed by atoms with van der Waals surface area (Å²) < 4.78 is 4.99. The van der Waals surface area contributed by atoms with Gasteiger partial charge >= 0.3 is 0 Å². The summed E-state index contributed by atoms with van der Waals surface area (Å²) in [7, 11) is 0. The quantitative estimate of drug-likeness (QED) is 0.632. The van der Waals surface area contributed by atoms with E-state index in [1.807, 2.05) is 0 Å². The average Bonchev–Trinajstić information content (AvgIpc) is 2.03. The van der Waals surface area contributed by atoms with E-state index in [9.17, 15) is 5.11 Å². The number of hydrogen-bond acceptors (Lipinski definition) is 2. The molecule has 0 aromatic heterocycles. The molecule has 0 radical (unpaired) electrons. The number of rotatable bonds is 3. The zero-order valence-electron chi connectivity index (χ0n) is 6.88. The summed E-state index contributed by atoms with van der Waals surface area (Å²) in [5, 5.41) is 9.83. The van der Waals surface area contributed by atoms with Crippen molar-refractivity contribution in [3.63, 3.8) is 0 Å². The zero-order valence-corrected chi connectivity index (χ0v) is 6.88. The van der Waals surface area contributed by atoms with Gasteiger partial charge in [-0.25, -0.2) is 0 Å².